The fourth-order valence-electron chi connectivity index (χ4n) is 2.29. The largest absolute Gasteiger partial charge is 0.379 e. The van der Waals surface area contributed by atoms with E-state index in [0.717, 1.165) is 25.9 Å². The van der Waals surface area contributed by atoms with Gasteiger partial charge in [0.1, 0.15) is 0 Å². The van der Waals surface area contributed by atoms with Crippen LogP contribution in [0.15, 0.2) is 0 Å². The van der Waals surface area contributed by atoms with Gasteiger partial charge >= 0.3 is 0 Å². The van der Waals surface area contributed by atoms with Crippen molar-refractivity contribution < 1.29 is 13.2 Å². The zero-order valence-corrected chi connectivity index (χ0v) is 11.6. The summed E-state index contributed by atoms with van der Waals surface area (Å²) in [5.74, 6) is 0.571. The average molecular weight is 285 g/mol. The van der Waals surface area contributed by atoms with Crippen LogP contribution in [-0.4, -0.2) is 57.9 Å². The van der Waals surface area contributed by atoms with Crippen LogP contribution in [0, 0.1) is 5.92 Å². The fourth-order valence-corrected chi connectivity index (χ4v) is 4.09. The van der Waals surface area contributed by atoms with Crippen molar-refractivity contribution in [2.45, 2.75) is 12.8 Å². The molecule has 0 aromatic carbocycles. The number of halogens is 1. The van der Waals surface area contributed by atoms with Gasteiger partial charge in [-0.2, -0.15) is 4.31 Å². The highest BCUT2D eigenvalue weighted by Gasteiger charge is 2.28. The van der Waals surface area contributed by atoms with E-state index < -0.39 is 10.0 Å². The third kappa shape index (κ3) is 4.37. The summed E-state index contributed by atoms with van der Waals surface area (Å²) >= 11 is 0. The van der Waals surface area contributed by atoms with E-state index in [2.05, 4.69) is 5.32 Å². The number of ether oxygens (including phenoxy) is 1. The Labute approximate surface area is 109 Å². The number of sulfonamides is 1. The van der Waals surface area contributed by atoms with Crippen LogP contribution in [-0.2, 0) is 14.8 Å². The van der Waals surface area contributed by atoms with Crippen LogP contribution < -0.4 is 5.32 Å². The molecule has 2 heterocycles. The van der Waals surface area contributed by atoms with E-state index in [1.807, 2.05) is 0 Å². The summed E-state index contributed by atoms with van der Waals surface area (Å²) in [5, 5.41) is 3.25. The van der Waals surface area contributed by atoms with Crippen molar-refractivity contribution in [2.24, 2.45) is 5.92 Å². The molecule has 17 heavy (non-hydrogen) atoms. The van der Waals surface area contributed by atoms with Crippen LogP contribution in [0.5, 0.6) is 0 Å². The Kier molecular flexibility index (Phi) is 6.16. The van der Waals surface area contributed by atoms with E-state index in [1.54, 1.807) is 4.31 Å². The highest BCUT2D eigenvalue weighted by Crippen LogP contribution is 2.15. The lowest BCUT2D eigenvalue weighted by Crippen LogP contribution is -2.44. The Morgan fingerprint density at radius 3 is 2.59 bits per heavy atom. The molecular formula is C10H21ClN2O3S. The number of morpholine rings is 1. The standard InChI is InChI=1S/C10H20N2O3S.ClH/c13-16(14,12-4-6-15-7-5-12)9-10-2-1-3-11-8-10;/h10-11H,1-9H2;1H. The Balaban J connectivity index is 0.00000144. The quantitative estimate of drug-likeness (QED) is 0.797. The summed E-state index contributed by atoms with van der Waals surface area (Å²) in [5.41, 5.74) is 0. The lowest BCUT2D eigenvalue weighted by Gasteiger charge is -2.29. The molecule has 2 rings (SSSR count). The molecule has 2 aliphatic rings. The summed E-state index contributed by atoms with van der Waals surface area (Å²) in [4.78, 5) is 0. The van der Waals surface area contributed by atoms with E-state index in [1.165, 1.54) is 0 Å². The Morgan fingerprint density at radius 2 is 2.00 bits per heavy atom. The number of hydrogen-bond acceptors (Lipinski definition) is 4. The van der Waals surface area contributed by atoms with E-state index >= 15 is 0 Å². The molecular weight excluding hydrogens is 264 g/mol. The van der Waals surface area contributed by atoms with Gasteiger partial charge in [-0.15, -0.1) is 12.4 Å². The minimum atomic E-state index is -3.07. The van der Waals surface area contributed by atoms with Crippen LogP contribution in [0.25, 0.3) is 0 Å². The van der Waals surface area contributed by atoms with Gasteiger partial charge in [0.05, 0.1) is 19.0 Å². The van der Waals surface area contributed by atoms with Crippen molar-refractivity contribution in [3.8, 4) is 0 Å². The zero-order chi connectivity index (χ0) is 11.4. The Morgan fingerprint density at radius 1 is 1.29 bits per heavy atom. The van der Waals surface area contributed by atoms with Crippen molar-refractivity contribution in [3.05, 3.63) is 0 Å². The normalized spacial score (nSPS) is 27.4. The van der Waals surface area contributed by atoms with Crippen LogP contribution >= 0.6 is 12.4 Å². The fraction of sp³-hybridized carbons (Fsp3) is 1.00. The molecule has 2 aliphatic heterocycles. The Hall–Kier alpha value is 0.120. The highest BCUT2D eigenvalue weighted by atomic mass is 35.5. The third-order valence-corrected chi connectivity index (χ3v) is 5.25. The molecule has 5 nitrogen and oxygen atoms in total. The molecule has 0 aliphatic carbocycles. The number of rotatable bonds is 3. The van der Waals surface area contributed by atoms with E-state index in [0.29, 0.717) is 32.1 Å². The second-order valence-electron chi connectivity index (χ2n) is 4.50. The molecule has 102 valence electrons. The smallest absolute Gasteiger partial charge is 0.214 e. The molecule has 0 amide bonds. The first-order valence-corrected chi connectivity index (χ1v) is 7.56. The van der Waals surface area contributed by atoms with Gasteiger partial charge in [0, 0.05) is 13.1 Å². The van der Waals surface area contributed by atoms with Gasteiger partial charge in [0.25, 0.3) is 0 Å². The van der Waals surface area contributed by atoms with Crippen LogP contribution in [0.3, 0.4) is 0 Å². The van der Waals surface area contributed by atoms with E-state index in [4.69, 9.17) is 4.74 Å². The monoisotopic (exact) mass is 284 g/mol. The molecule has 0 radical (unpaired) electrons. The van der Waals surface area contributed by atoms with Gasteiger partial charge in [-0.3, -0.25) is 0 Å². The minimum Gasteiger partial charge on any atom is -0.379 e. The molecule has 1 N–H and O–H groups in total. The van der Waals surface area contributed by atoms with E-state index in [9.17, 15) is 8.42 Å². The number of nitrogens with zero attached hydrogens (tertiary/aromatic N) is 1. The van der Waals surface area contributed by atoms with Crippen molar-refractivity contribution in [3.63, 3.8) is 0 Å². The highest BCUT2D eigenvalue weighted by molar-refractivity contribution is 7.89. The minimum absolute atomic E-state index is 0. The molecule has 2 fully saturated rings. The van der Waals surface area contributed by atoms with Gasteiger partial charge in [-0.1, -0.05) is 0 Å². The maximum absolute atomic E-state index is 12.1. The lowest BCUT2D eigenvalue weighted by molar-refractivity contribution is 0.0728. The number of nitrogens with one attached hydrogen (secondary N) is 1. The SMILES string of the molecule is Cl.O=S(=O)(CC1CCCNC1)N1CCOCC1. The first-order chi connectivity index (χ1) is 7.68. The number of piperidine rings is 1. The summed E-state index contributed by atoms with van der Waals surface area (Å²) in [7, 11) is -3.07. The molecule has 0 saturated carbocycles. The van der Waals surface area contributed by atoms with Crippen molar-refractivity contribution in [1.82, 2.24) is 9.62 Å². The molecule has 7 heteroatoms. The number of hydrogen-bond donors (Lipinski definition) is 1. The molecule has 0 spiro atoms. The third-order valence-electron chi connectivity index (χ3n) is 3.21. The first kappa shape index (κ1) is 15.2. The van der Waals surface area contributed by atoms with Gasteiger partial charge in [-0.25, -0.2) is 8.42 Å². The van der Waals surface area contributed by atoms with Crippen molar-refractivity contribution >= 4 is 22.4 Å². The van der Waals surface area contributed by atoms with Crippen molar-refractivity contribution in [1.29, 1.82) is 0 Å². The summed E-state index contributed by atoms with van der Waals surface area (Å²) < 4.78 is 30.9. The van der Waals surface area contributed by atoms with Gasteiger partial charge < -0.3 is 10.1 Å². The molecule has 0 bridgehead atoms. The summed E-state index contributed by atoms with van der Waals surface area (Å²) in [6.45, 7) is 3.95. The maximum Gasteiger partial charge on any atom is 0.214 e. The molecule has 1 unspecified atom stereocenters. The molecule has 1 atom stereocenters. The molecule has 2 saturated heterocycles. The topological polar surface area (TPSA) is 58.6 Å². The van der Waals surface area contributed by atoms with Crippen LogP contribution in [0.1, 0.15) is 12.8 Å². The molecule has 0 aromatic rings. The predicted octanol–water partition coefficient (Wildman–Crippen LogP) is 0.0698. The predicted molar refractivity (Wildman–Crippen MR) is 69.0 cm³/mol. The van der Waals surface area contributed by atoms with Gasteiger partial charge in [0.2, 0.25) is 10.0 Å². The van der Waals surface area contributed by atoms with Crippen LogP contribution in [0.2, 0.25) is 0 Å². The lowest BCUT2D eigenvalue weighted by atomic mass is 10.0. The van der Waals surface area contributed by atoms with Crippen molar-refractivity contribution in [2.75, 3.05) is 45.1 Å². The van der Waals surface area contributed by atoms with E-state index in [-0.39, 0.29) is 18.3 Å². The van der Waals surface area contributed by atoms with Gasteiger partial charge in [0.15, 0.2) is 0 Å². The average Bonchev–Trinajstić information content (AvgIpc) is 2.31. The summed E-state index contributed by atoms with van der Waals surface area (Å²) in [6.07, 6.45) is 2.11. The molecule has 0 aromatic heterocycles. The summed E-state index contributed by atoms with van der Waals surface area (Å²) in [6, 6.07) is 0. The zero-order valence-electron chi connectivity index (χ0n) is 9.93. The van der Waals surface area contributed by atoms with Crippen LogP contribution in [0.4, 0.5) is 0 Å². The first-order valence-electron chi connectivity index (χ1n) is 5.95. The maximum atomic E-state index is 12.1. The second kappa shape index (κ2) is 6.89. The Bertz CT molecular complexity index is 312. The second-order valence-corrected chi connectivity index (χ2v) is 6.52. The van der Waals surface area contributed by atoms with Gasteiger partial charge in [-0.05, 0) is 31.8 Å².